The van der Waals surface area contributed by atoms with E-state index in [1.807, 2.05) is 6.07 Å². The molecule has 0 aliphatic carbocycles. The smallest absolute Gasteiger partial charge is 0.176 e. The van der Waals surface area contributed by atoms with E-state index in [2.05, 4.69) is 22.1 Å². The Hall–Kier alpha value is -1.45. The molecule has 0 atom stereocenters. The predicted molar refractivity (Wildman–Crippen MR) is 40.2 cm³/mol. The molecule has 0 bridgehead atoms. The van der Waals surface area contributed by atoms with Crippen LogP contribution in [0.4, 0.5) is 0 Å². The molecule has 0 aromatic carbocycles. The van der Waals surface area contributed by atoms with E-state index in [0.717, 1.165) is 17.8 Å². The van der Waals surface area contributed by atoms with Gasteiger partial charge < -0.3 is 0 Å². The topological polar surface area (TPSA) is 43.1 Å². The van der Waals surface area contributed by atoms with Crippen LogP contribution in [-0.4, -0.2) is 19.8 Å². The lowest BCUT2D eigenvalue weighted by Gasteiger charge is -1.85. The van der Waals surface area contributed by atoms with Gasteiger partial charge in [0.25, 0.3) is 0 Å². The molecule has 0 spiro atoms. The van der Waals surface area contributed by atoms with Gasteiger partial charge in [-0.1, -0.05) is 6.92 Å². The normalized spacial score (nSPS) is 10.6. The minimum absolute atomic E-state index is 0.810. The highest BCUT2D eigenvalue weighted by Crippen LogP contribution is 2.00. The Bertz CT molecular complexity index is 332. The fourth-order valence-electron chi connectivity index (χ4n) is 0.958. The van der Waals surface area contributed by atoms with Crippen LogP contribution in [0.2, 0.25) is 0 Å². The number of hydrogen-bond acceptors (Lipinski definition) is 3. The SMILES string of the molecule is CCc1cc2nccnn2n1. The summed E-state index contributed by atoms with van der Waals surface area (Å²) in [5.74, 6) is 0. The Morgan fingerprint density at radius 1 is 1.45 bits per heavy atom. The molecule has 2 aromatic rings. The molecule has 0 aliphatic rings. The van der Waals surface area contributed by atoms with Crippen molar-refractivity contribution < 1.29 is 0 Å². The van der Waals surface area contributed by atoms with Gasteiger partial charge in [0, 0.05) is 12.3 Å². The maximum absolute atomic E-state index is 4.17. The molecule has 0 saturated heterocycles. The van der Waals surface area contributed by atoms with Crippen molar-refractivity contribution in [3.63, 3.8) is 0 Å². The van der Waals surface area contributed by atoms with Crippen LogP contribution in [0, 0.1) is 0 Å². The van der Waals surface area contributed by atoms with Gasteiger partial charge in [0.05, 0.1) is 11.9 Å². The molecule has 2 aromatic heterocycles. The third-order valence-electron chi connectivity index (χ3n) is 1.54. The van der Waals surface area contributed by atoms with E-state index in [1.165, 1.54) is 0 Å². The maximum atomic E-state index is 4.17. The summed E-state index contributed by atoms with van der Waals surface area (Å²) in [4.78, 5) is 4.09. The Labute approximate surface area is 63.9 Å². The average Bonchev–Trinajstić information content (AvgIpc) is 2.46. The van der Waals surface area contributed by atoms with Crippen molar-refractivity contribution in [3.05, 3.63) is 24.2 Å². The zero-order chi connectivity index (χ0) is 7.68. The number of aryl methyl sites for hydroxylation is 1. The largest absolute Gasteiger partial charge is 0.234 e. The fraction of sp³-hybridized carbons (Fsp3) is 0.286. The van der Waals surface area contributed by atoms with Crippen LogP contribution in [0.3, 0.4) is 0 Å². The standard InChI is InChI=1S/C7H8N4/c1-2-6-5-7-8-3-4-9-11(7)10-6/h3-5H,2H2,1H3. The van der Waals surface area contributed by atoms with Crippen molar-refractivity contribution >= 4 is 5.65 Å². The van der Waals surface area contributed by atoms with Crippen LogP contribution in [-0.2, 0) is 6.42 Å². The third-order valence-corrected chi connectivity index (χ3v) is 1.54. The van der Waals surface area contributed by atoms with Gasteiger partial charge in [-0.25, -0.2) is 4.98 Å². The van der Waals surface area contributed by atoms with Crippen molar-refractivity contribution in [2.45, 2.75) is 13.3 Å². The van der Waals surface area contributed by atoms with Gasteiger partial charge in [-0.2, -0.15) is 10.2 Å². The van der Waals surface area contributed by atoms with Gasteiger partial charge in [0.1, 0.15) is 0 Å². The van der Waals surface area contributed by atoms with Crippen LogP contribution >= 0.6 is 0 Å². The molecule has 0 N–H and O–H groups in total. The molecule has 0 radical (unpaired) electrons. The first kappa shape index (κ1) is 6.27. The Balaban J connectivity index is 2.69. The summed E-state index contributed by atoms with van der Waals surface area (Å²) in [6.07, 6.45) is 4.21. The van der Waals surface area contributed by atoms with Crippen molar-refractivity contribution in [1.29, 1.82) is 0 Å². The summed E-state index contributed by atoms with van der Waals surface area (Å²) < 4.78 is 1.54. The summed E-state index contributed by atoms with van der Waals surface area (Å²) in [7, 11) is 0. The van der Waals surface area contributed by atoms with E-state index in [9.17, 15) is 0 Å². The van der Waals surface area contributed by atoms with Gasteiger partial charge in [-0.05, 0) is 6.42 Å². The van der Waals surface area contributed by atoms with Crippen molar-refractivity contribution in [1.82, 2.24) is 19.8 Å². The number of hydrogen-bond donors (Lipinski definition) is 0. The van der Waals surface area contributed by atoms with Crippen molar-refractivity contribution in [3.8, 4) is 0 Å². The molecule has 0 fully saturated rings. The molecule has 0 saturated carbocycles. The highest BCUT2D eigenvalue weighted by molar-refractivity contribution is 5.36. The van der Waals surface area contributed by atoms with E-state index in [-0.39, 0.29) is 0 Å². The molecule has 2 heterocycles. The zero-order valence-electron chi connectivity index (χ0n) is 6.23. The fourth-order valence-corrected chi connectivity index (χ4v) is 0.958. The molecule has 0 amide bonds. The van der Waals surface area contributed by atoms with Gasteiger partial charge in [0.2, 0.25) is 0 Å². The predicted octanol–water partition coefficient (Wildman–Crippen LogP) is 0.687. The lowest BCUT2D eigenvalue weighted by molar-refractivity contribution is 0.762. The summed E-state index contributed by atoms with van der Waals surface area (Å²) in [5.41, 5.74) is 1.83. The average molecular weight is 148 g/mol. The number of rotatable bonds is 1. The van der Waals surface area contributed by atoms with Crippen LogP contribution in [0.5, 0.6) is 0 Å². The maximum Gasteiger partial charge on any atom is 0.176 e. The van der Waals surface area contributed by atoms with E-state index >= 15 is 0 Å². The second-order valence-corrected chi connectivity index (χ2v) is 2.28. The van der Waals surface area contributed by atoms with E-state index in [4.69, 9.17) is 0 Å². The Kier molecular flexibility index (Phi) is 1.31. The van der Waals surface area contributed by atoms with Gasteiger partial charge in [0.15, 0.2) is 5.65 Å². The summed E-state index contributed by atoms with van der Waals surface area (Å²) in [6.45, 7) is 2.06. The van der Waals surface area contributed by atoms with E-state index < -0.39 is 0 Å². The first-order chi connectivity index (χ1) is 5.40. The number of fused-ring (bicyclic) bond motifs is 1. The second-order valence-electron chi connectivity index (χ2n) is 2.28. The van der Waals surface area contributed by atoms with Crippen LogP contribution in [0.15, 0.2) is 18.5 Å². The molecular weight excluding hydrogens is 140 g/mol. The summed E-state index contributed by atoms with van der Waals surface area (Å²) in [6, 6.07) is 1.94. The van der Waals surface area contributed by atoms with Gasteiger partial charge in [-0.3, -0.25) is 0 Å². The summed E-state index contributed by atoms with van der Waals surface area (Å²) >= 11 is 0. The molecule has 56 valence electrons. The second kappa shape index (κ2) is 2.30. The number of nitrogens with zero attached hydrogens (tertiary/aromatic N) is 4. The first-order valence-corrected chi connectivity index (χ1v) is 3.56. The zero-order valence-corrected chi connectivity index (χ0v) is 6.23. The highest BCUT2D eigenvalue weighted by Gasteiger charge is 1.98. The lowest BCUT2D eigenvalue weighted by Crippen LogP contribution is -1.93. The molecular formula is C7H8N4. The third kappa shape index (κ3) is 0.960. The minimum atomic E-state index is 0.810. The van der Waals surface area contributed by atoms with Gasteiger partial charge in [-0.15, -0.1) is 4.63 Å². The first-order valence-electron chi connectivity index (χ1n) is 3.56. The Morgan fingerprint density at radius 2 is 2.36 bits per heavy atom. The van der Waals surface area contributed by atoms with E-state index in [1.54, 1.807) is 17.0 Å². The molecule has 4 heteroatoms. The quantitative estimate of drug-likeness (QED) is 0.597. The van der Waals surface area contributed by atoms with Crippen LogP contribution in [0.25, 0.3) is 5.65 Å². The van der Waals surface area contributed by atoms with Gasteiger partial charge >= 0.3 is 0 Å². The number of aromatic nitrogens is 4. The molecule has 0 unspecified atom stereocenters. The molecule has 11 heavy (non-hydrogen) atoms. The lowest BCUT2D eigenvalue weighted by atomic mass is 10.3. The Morgan fingerprint density at radius 3 is 3.09 bits per heavy atom. The molecule has 0 aliphatic heterocycles. The van der Waals surface area contributed by atoms with Crippen LogP contribution in [0.1, 0.15) is 12.6 Å². The van der Waals surface area contributed by atoms with Crippen molar-refractivity contribution in [2.75, 3.05) is 0 Å². The van der Waals surface area contributed by atoms with Crippen LogP contribution < -0.4 is 0 Å². The molecule has 4 nitrogen and oxygen atoms in total. The monoisotopic (exact) mass is 148 g/mol. The highest BCUT2D eigenvalue weighted by atomic mass is 15.4. The summed E-state index contributed by atoms with van der Waals surface area (Å²) in [5, 5.41) is 8.17. The van der Waals surface area contributed by atoms with E-state index in [0.29, 0.717) is 0 Å². The minimum Gasteiger partial charge on any atom is -0.234 e. The molecule has 2 rings (SSSR count). The van der Waals surface area contributed by atoms with Crippen molar-refractivity contribution in [2.24, 2.45) is 0 Å².